The lowest BCUT2D eigenvalue weighted by molar-refractivity contribution is 0.0511. The first kappa shape index (κ1) is 13.2. The molecule has 4 nitrogen and oxygen atoms in total. The number of hydrogen-bond acceptors (Lipinski definition) is 4. The van der Waals surface area contributed by atoms with Crippen LogP contribution in [-0.2, 0) is 4.74 Å². The zero-order valence-electron chi connectivity index (χ0n) is 11.1. The Bertz CT molecular complexity index is 538. The van der Waals surface area contributed by atoms with E-state index in [1.807, 2.05) is 49.4 Å². The molecular weight excluding hydrogens is 240 g/mol. The van der Waals surface area contributed by atoms with Crippen molar-refractivity contribution in [1.29, 1.82) is 0 Å². The zero-order valence-corrected chi connectivity index (χ0v) is 11.1. The highest BCUT2D eigenvalue weighted by Gasteiger charge is 2.00. The Hall–Kier alpha value is -2.20. The SMILES string of the molecule is COCOc1ccc(Nc2cc(C)ccc2N)cc1. The molecule has 0 amide bonds. The summed E-state index contributed by atoms with van der Waals surface area (Å²) in [5.74, 6) is 0.768. The molecule has 2 aromatic rings. The Morgan fingerprint density at radius 3 is 2.53 bits per heavy atom. The Balaban J connectivity index is 2.08. The van der Waals surface area contributed by atoms with Crippen LogP contribution in [0.2, 0.25) is 0 Å². The molecule has 0 unspecified atom stereocenters. The fourth-order valence-corrected chi connectivity index (χ4v) is 1.70. The maximum atomic E-state index is 5.93. The molecule has 100 valence electrons. The van der Waals surface area contributed by atoms with E-state index in [0.29, 0.717) is 0 Å². The maximum absolute atomic E-state index is 5.93. The van der Waals surface area contributed by atoms with E-state index in [1.165, 1.54) is 0 Å². The molecule has 0 aliphatic rings. The van der Waals surface area contributed by atoms with Crippen molar-refractivity contribution >= 4 is 17.1 Å². The molecular formula is C15H18N2O2. The molecule has 0 fully saturated rings. The fourth-order valence-electron chi connectivity index (χ4n) is 1.70. The Labute approximate surface area is 113 Å². The van der Waals surface area contributed by atoms with E-state index in [9.17, 15) is 0 Å². The first-order chi connectivity index (χ1) is 9.19. The number of nitrogen functional groups attached to an aromatic ring is 1. The van der Waals surface area contributed by atoms with Crippen LogP contribution < -0.4 is 15.8 Å². The summed E-state index contributed by atoms with van der Waals surface area (Å²) in [6.45, 7) is 2.28. The summed E-state index contributed by atoms with van der Waals surface area (Å²) < 4.78 is 10.2. The first-order valence-electron chi connectivity index (χ1n) is 6.04. The van der Waals surface area contributed by atoms with Crippen molar-refractivity contribution in [3.05, 3.63) is 48.0 Å². The van der Waals surface area contributed by atoms with E-state index in [0.717, 1.165) is 28.4 Å². The maximum Gasteiger partial charge on any atom is 0.188 e. The standard InChI is InChI=1S/C15H18N2O2/c1-11-3-8-14(16)15(9-11)17-12-4-6-13(7-5-12)19-10-18-2/h3-9,17H,10,16H2,1-2H3. The minimum Gasteiger partial charge on any atom is -0.468 e. The third kappa shape index (κ3) is 3.63. The molecule has 19 heavy (non-hydrogen) atoms. The normalized spacial score (nSPS) is 10.2. The zero-order chi connectivity index (χ0) is 13.7. The minimum absolute atomic E-state index is 0.248. The highest BCUT2D eigenvalue weighted by atomic mass is 16.7. The van der Waals surface area contributed by atoms with Gasteiger partial charge in [0.25, 0.3) is 0 Å². The van der Waals surface area contributed by atoms with Crippen molar-refractivity contribution in [2.24, 2.45) is 0 Å². The Morgan fingerprint density at radius 2 is 1.84 bits per heavy atom. The molecule has 0 saturated heterocycles. The van der Waals surface area contributed by atoms with E-state index in [-0.39, 0.29) is 6.79 Å². The van der Waals surface area contributed by atoms with Crippen LogP contribution >= 0.6 is 0 Å². The van der Waals surface area contributed by atoms with Crippen molar-refractivity contribution in [2.75, 3.05) is 25.0 Å². The number of hydrogen-bond donors (Lipinski definition) is 2. The highest BCUT2D eigenvalue weighted by molar-refractivity contribution is 5.73. The molecule has 0 aromatic heterocycles. The quantitative estimate of drug-likeness (QED) is 0.638. The minimum atomic E-state index is 0.248. The van der Waals surface area contributed by atoms with Crippen LogP contribution in [0.5, 0.6) is 5.75 Å². The number of aryl methyl sites for hydroxylation is 1. The van der Waals surface area contributed by atoms with Gasteiger partial charge in [-0.3, -0.25) is 0 Å². The Morgan fingerprint density at radius 1 is 1.11 bits per heavy atom. The molecule has 0 aliphatic heterocycles. The summed E-state index contributed by atoms with van der Waals surface area (Å²) in [6, 6.07) is 13.5. The second-order valence-corrected chi connectivity index (χ2v) is 4.29. The van der Waals surface area contributed by atoms with Crippen molar-refractivity contribution in [3.8, 4) is 5.75 Å². The monoisotopic (exact) mass is 258 g/mol. The molecule has 0 spiro atoms. The summed E-state index contributed by atoms with van der Waals surface area (Å²) >= 11 is 0. The van der Waals surface area contributed by atoms with Gasteiger partial charge in [0.2, 0.25) is 0 Å². The highest BCUT2D eigenvalue weighted by Crippen LogP contribution is 2.25. The second kappa shape index (κ2) is 6.11. The van der Waals surface area contributed by atoms with Gasteiger partial charge in [-0.1, -0.05) is 6.07 Å². The van der Waals surface area contributed by atoms with Gasteiger partial charge in [-0.15, -0.1) is 0 Å². The van der Waals surface area contributed by atoms with E-state index >= 15 is 0 Å². The smallest absolute Gasteiger partial charge is 0.188 e. The molecule has 2 rings (SSSR count). The van der Waals surface area contributed by atoms with Gasteiger partial charge in [0.15, 0.2) is 6.79 Å². The van der Waals surface area contributed by atoms with E-state index in [1.54, 1.807) is 7.11 Å². The van der Waals surface area contributed by atoms with Crippen molar-refractivity contribution in [3.63, 3.8) is 0 Å². The molecule has 0 radical (unpaired) electrons. The molecule has 0 heterocycles. The van der Waals surface area contributed by atoms with Gasteiger partial charge in [0.1, 0.15) is 5.75 Å². The van der Waals surface area contributed by atoms with Crippen LogP contribution in [0.15, 0.2) is 42.5 Å². The number of methoxy groups -OCH3 is 1. The third-order valence-corrected chi connectivity index (χ3v) is 2.69. The average molecular weight is 258 g/mol. The third-order valence-electron chi connectivity index (χ3n) is 2.69. The van der Waals surface area contributed by atoms with E-state index in [4.69, 9.17) is 15.2 Å². The number of rotatable bonds is 5. The van der Waals surface area contributed by atoms with Crippen LogP contribution in [-0.4, -0.2) is 13.9 Å². The van der Waals surface area contributed by atoms with Crippen LogP contribution in [0.1, 0.15) is 5.56 Å². The summed E-state index contributed by atoms with van der Waals surface area (Å²) in [7, 11) is 1.59. The van der Waals surface area contributed by atoms with E-state index in [2.05, 4.69) is 5.32 Å². The molecule has 0 bridgehead atoms. The topological polar surface area (TPSA) is 56.5 Å². The summed E-state index contributed by atoms with van der Waals surface area (Å²) in [5, 5.41) is 3.28. The predicted molar refractivity (Wildman–Crippen MR) is 77.8 cm³/mol. The largest absolute Gasteiger partial charge is 0.468 e. The van der Waals surface area contributed by atoms with Crippen molar-refractivity contribution in [1.82, 2.24) is 0 Å². The van der Waals surface area contributed by atoms with Gasteiger partial charge in [-0.25, -0.2) is 0 Å². The lowest BCUT2D eigenvalue weighted by atomic mass is 10.2. The first-order valence-corrected chi connectivity index (χ1v) is 6.04. The van der Waals surface area contributed by atoms with Crippen LogP contribution in [0, 0.1) is 6.92 Å². The number of anilines is 3. The number of nitrogens with two attached hydrogens (primary N) is 1. The molecule has 2 aromatic carbocycles. The Kier molecular flexibility index (Phi) is 4.26. The lowest BCUT2D eigenvalue weighted by Gasteiger charge is -2.11. The van der Waals surface area contributed by atoms with Gasteiger partial charge in [0, 0.05) is 12.8 Å². The number of ether oxygens (including phenoxy) is 2. The van der Waals surface area contributed by atoms with Crippen LogP contribution in [0.25, 0.3) is 0 Å². The predicted octanol–water partition coefficient (Wildman–Crippen LogP) is 3.30. The number of nitrogens with one attached hydrogen (secondary N) is 1. The molecule has 3 N–H and O–H groups in total. The molecule has 0 aliphatic carbocycles. The van der Waals surface area contributed by atoms with Crippen molar-refractivity contribution in [2.45, 2.75) is 6.92 Å². The van der Waals surface area contributed by atoms with E-state index < -0.39 is 0 Å². The van der Waals surface area contributed by atoms with Gasteiger partial charge >= 0.3 is 0 Å². The summed E-state index contributed by atoms with van der Waals surface area (Å²) in [4.78, 5) is 0. The fraction of sp³-hybridized carbons (Fsp3) is 0.200. The average Bonchev–Trinajstić information content (AvgIpc) is 2.42. The summed E-state index contributed by atoms with van der Waals surface area (Å²) in [6.07, 6.45) is 0. The lowest BCUT2D eigenvalue weighted by Crippen LogP contribution is -1.99. The second-order valence-electron chi connectivity index (χ2n) is 4.29. The van der Waals surface area contributed by atoms with Gasteiger partial charge in [-0.05, 0) is 48.9 Å². The molecule has 0 saturated carbocycles. The van der Waals surface area contributed by atoms with Crippen LogP contribution in [0.3, 0.4) is 0 Å². The number of benzene rings is 2. The van der Waals surface area contributed by atoms with Crippen molar-refractivity contribution < 1.29 is 9.47 Å². The van der Waals surface area contributed by atoms with Gasteiger partial charge < -0.3 is 20.5 Å². The molecule has 4 heteroatoms. The summed E-state index contributed by atoms with van der Waals surface area (Å²) in [5.41, 5.74) is 9.69. The van der Waals surface area contributed by atoms with Gasteiger partial charge in [0.05, 0.1) is 11.4 Å². The van der Waals surface area contributed by atoms with Crippen LogP contribution in [0.4, 0.5) is 17.1 Å². The molecule has 0 atom stereocenters. The van der Waals surface area contributed by atoms with Gasteiger partial charge in [-0.2, -0.15) is 0 Å².